The molecule has 0 heterocycles. The van der Waals surface area contributed by atoms with Crippen LogP contribution in [0.5, 0.6) is 5.75 Å². The molecule has 2 aromatic rings. The zero-order chi connectivity index (χ0) is 18.9. The third kappa shape index (κ3) is 6.86. The number of benzene rings is 2. The molecule has 6 heteroatoms. The first-order valence-corrected chi connectivity index (χ1v) is 8.94. The minimum absolute atomic E-state index is 0.163. The maximum absolute atomic E-state index is 12.0. The van der Waals surface area contributed by atoms with E-state index in [-0.39, 0.29) is 11.0 Å². The van der Waals surface area contributed by atoms with Crippen molar-refractivity contribution in [1.29, 1.82) is 0 Å². The van der Waals surface area contributed by atoms with Crippen molar-refractivity contribution < 1.29 is 9.53 Å². The molecule has 1 amide bonds. The molecule has 0 aromatic heterocycles. The molecule has 0 unspecified atom stereocenters. The van der Waals surface area contributed by atoms with Gasteiger partial charge in [-0.25, -0.2) is 0 Å². The highest BCUT2D eigenvalue weighted by Crippen LogP contribution is 2.17. The van der Waals surface area contributed by atoms with E-state index in [9.17, 15) is 4.79 Å². The summed E-state index contributed by atoms with van der Waals surface area (Å²) in [6.45, 7) is 6.18. The lowest BCUT2D eigenvalue weighted by Gasteiger charge is -2.11. The monoisotopic (exact) mass is 388 g/mol. The first-order valence-electron chi connectivity index (χ1n) is 8.15. The summed E-state index contributed by atoms with van der Waals surface area (Å²) < 4.78 is 5.53. The smallest absolute Gasteiger partial charge is 0.226 e. The second-order valence-corrected chi connectivity index (χ2v) is 6.68. The molecule has 0 fully saturated rings. The van der Waals surface area contributed by atoms with Crippen LogP contribution in [-0.4, -0.2) is 17.6 Å². The summed E-state index contributed by atoms with van der Waals surface area (Å²) in [6, 6.07) is 14.8. The van der Waals surface area contributed by atoms with Gasteiger partial charge >= 0.3 is 0 Å². The number of ether oxygens (including phenoxy) is 1. The van der Waals surface area contributed by atoms with Gasteiger partial charge in [0.2, 0.25) is 5.91 Å². The number of nitrogens with one attached hydrogen (secondary N) is 2. The van der Waals surface area contributed by atoms with E-state index in [1.165, 1.54) is 0 Å². The molecule has 2 aromatic carbocycles. The second kappa shape index (κ2) is 9.94. The van der Waals surface area contributed by atoms with Gasteiger partial charge in [0, 0.05) is 17.1 Å². The van der Waals surface area contributed by atoms with Crippen molar-refractivity contribution >= 4 is 40.5 Å². The molecule has 0 bridgehead atoms. The van der Waals surface area contributed by atoms with Crippen LogP contribution in [0.25, 0.3) is 0 Å². The second-order valence-electron chi connectivity index (χ2n) is 5.86. The van der Waals surface area contributed by atoms with E-state index in [0.717, 1.165) is 22.6 Å². The highest BCUT2D eigenvalue weighted by molar-refractivity contribution is 7.80. The average molecular weight is 389 g/mol. The molecule has 0 aliphatic carbocycles. The van der Waals surface area contributed by atoms with Gasteiger partial charge < -0.3 is 15.4 Å². The molecular formula is C20H21ClN2O2S. The predicted molar refractivity (Wildman–Crippen MR) is 111 cm³/mol. The van der Waals surface area contributed by atoms with E-state index in [1.807, 2.05) is 55.5 Å². The molecule has 0 radical (unpaired) electrons. The summed E-state index contributed by atoms with van der Waals surface area (Å²) >= 11 is 11.3. The van der Waals surface area contributed by atoms with Gasteiger partial charge in [0.15, 0.2) is 5.11 Å². The Morgan fingerprint density at radius 2 is 1.88 bits per heavy atom. The number of aryl methyl sites for hydroxylation is 1. The number of thiocarbonyl (C=S) groups is 1. The SMILES string of the molecule is C=C(C)COc1ccc(NC(=S)NC(=O)CCc2ccccc2Cl)cc1. The highest BCUT2D eigenvalue weighted by atomic mass is 35.5. The predicted octanol–water partition coefficient (Wildman–Crippen LogP) is 4.74. The Kier molecular flexibility index (Phi) is 7.63. The number of amides is 1. The number of carbonyl (C=O) groups excluding carboxylic acids is 1. The maximum atomic E-state index is 12.0. The Hall–Kier alpha value is -2.37. The first kappa shape index (κ1) is 19.9. The fraction of sp³-hybridized carbons (Fsp3) is 0.200. The molecule has 2 rings (SSSR count). The quantitative estimate of drug-likeness (QED) is 0.531. The third-order valence-corrected chi connectivity index (χ3v) is 4.00. The molecular weight excluding hydrogens is 368 g/mol. The van der Waals surface area contributed by atoms with Crippen LogP contribution in [0.4, 0.5) is 5.69 Å². The summed E-state index contributed by atoms with van der Waals surface area (Å²) in [4.78, 5) is 12.0. The zero-order valence-electron chi connectivity index (χ0n) is 14.5. The van der Waals surface area contributed by atoms with Gasteiger partial charge in [-0.1, -0.05) is 36.4 Å². The van der Waals surface area contributed by atoms with Crippen molar-refractivity contribution in [2.45, 2.75) is 19.8 Å². The lowest BCUT2D eigenvalue weighted by atomic mass is 10.1. The highest BCUT2D eigenvalue weighted by Gasteiger charge is 2.07. The largest absolute Gasteiger partial charge is 0.489 e. The number of anilines is 1. The van der Waals surface area contributed by atoms with Crippen molar-refractivity contribution in [3.8, 4) is 5.75 Å². The van der Waals surface area contributed by atoms with Crippen molar-refractivity contribution in [3.63, 3.8) is 0 Å². The summed E-state index contributed by atoms with van der Waals surface area (Å²) in [5, 5.41) is 6.56. The van der Waals surface area contributed by atoms with Crippen LogP contribution >= 0.6 is 23.8 Å². The van der Waals surface area contributed by atoms with Crippen LogP contribution < -0.4 is 15.4 Å². The summed E-state index contributed by atoms with van der Waals surface area (Å²) in [6.07, 6.45) is 0.863. The molecule has 26 heavy (non-hydrogen) atoms. The maximum Gasteiger partial charge on any atom is 0.226 e. The standard InChI is InChI=1S/C20H21ClN2O2S/c1-14(2)13-25-17-10-8-16(9-11-17)22-20(26)23-19(24)12-7-15-5-3-4-6-18(15)21/h3-6,8-11H,1,7,12-13H2,2H3,(H2,22,23,24,26). The number of hydrogen-bond acceptors (Lipinski definition) is 3. The van der Waals surface area contributed by atoms with E-state index >= 15 is 0 Å². The normalized spacial score (nSPS) is 10.1. The Morgan fingerprint density at radius 3 is 2.54 bits per heavy atom. The molecule has 0 saturated heterocycles. The number of carbonyl (C=O) groups is 1. The van der Waals surface area contributed by atoms with Gasteiger partial charge in [0.1, 0.15) is 12.4 Å². The van der Waals surface area contributed by atoms with Crippen LogP contribution in [0.3, 0.4) is 0 Å². The summed E-state index contributed by atoms with van der Waals surface area (Å²) in [5.74, 6) is 0.581. The van der Waals surface area contributed by atoms with Crippen molar-refractivity contribution in [1.82, 2.24) is 5.32 Å². The Balaban J connectivity index is 1.78. The van der Waals surface area contributed by atoms with Gasteiger partial charge in [-0.3, -0.25) is 4.79 Å². The summed E-state index contributed by atoms with van der Waals surface area (Å²) in [5.41, 5.74) is 2.66. The van der Waals surface area contributed by atoms with E-state index < -0.39 is 0 Å². The van der Waals surface area contributed by atoms with E-state index in [1.54, 1.807) is 0 Å². The van der Waals surface area contributed by atoms with Gasteiger partial charge in [0.25, 0.3) is 0 Å². The Morgan fingerprint density at radius 1 is 1.19 bits per heavy atom. The van der Waals surface area contributed by atoms with Gasteiger partial charge in [-0.2, -0.15) is 0 Å². The van der Waals surface area contributed by atoms with Crippen molar-refractivity contribution in [2.75, 3.05) is 11.9 Å². The van der Waals surface area contributed by atoms with E-state index in [0.29, 0.717) is 24.5 Å². The van der Waals surface area contributed by atoms with Crippen molar-refractivity contribution in [3.05, 3.63) is 71.3 Å². The number of rotatable bonds is 7. The van der Waals surface area contributed by atoms with Crippen molar-refractivity contribution in [2.24, 2.45) is 0 Å². The van der Waals surface area contributed by atoms with Gasteiger partial charge in [-0.15, -0.1) is 0 Å². The van der Waals surface area contributed by atoms with Crippen LogP contribution in [0.15, 0.2) is 60.7 Å². The zero-order valence-corrected chi connectivity index (χ0v) is 16.1. The van der Waals surface area contributed by atoms with Crippen LogP contribution in [-0.2, 0) is 11.2 Å². The van der Waals surface area contributed by atoms with Gasteiger partial charge in [-0.05, 0) is 67.0 Å². The van der Waals surface area contributed by atoms with Crippen LogP contribution in [0, 0.1) is 0 Å². The lowest BCUT2D eigenvalue weighted by Crippen LogP contribution is -2.34. The summed E-state index contributed by atoms with van der Waals surface area (Å²) in [7, 11) is 0. The molecule has 0 saturated carbocycles. The first-order chi connectivity index (χ1) is 12.4. The molecule has 2 N–H and O–H groups in total. The Labute approximate surface area is 164 Å². The molecule has 4 nitrogen and oxygen atoms in total. The number of hydrogen-bond donors (Lipinski definition) is 2. The van der Waals surface area contributed by atoms with E-state index in [4.69, 9.17) is 28.6 Å². The third-order valence-electron chi connectivity index (χ3n) is 3.43. The fourth-order valence-electron chi connectivity index (χ4n) is 2.14. The van der Waals surface area contributed by atoms with E-state index in [2.05, 4.69) is 17.2 Å². The van der Waals surface area contributed by atoms with Gasteiger partial charge in [0.05, 0.1) is 0 Å². The minimum Gasteiger partial charge on any atom is -0.489 e. The molecule has 0 atom stereocenters. The molecule has 0 spiro atoms. The fourth-order valence-corrected chi connectivity index (χ4v) is 2.60. The van der Waals surface area contributed by atoms with Crippen LogP contribution in [0.1, 0.15) is 18.9 Å². The van der Waals surface area contributed by atoms with Crippen LogP contribution in [0.2, 0.25) is 5.02 Å². The average Bonchev–Trinajstić information content (AvgIpc) is 2.60. The molecule has 0 aliphatic rings. The molecule has 0 aliphatic heterocycles. The Bertz CT molecular complexity index is 791. The number of halogens is 1. The molecule has 136 valence electrons. The minimum atomic E-state index is -0.163. The lowest BCUT2D eigenvalue weighted by molar-refractivity contribution is -0.119. The topological polar surface area (TPSA) is 50.4 Å².